The van der Waals surface area contributed by atoms with Crippen molar-refractivity contribution in [2.45, 2.75) is 6.92 Å². The first-order valence-corrected chi connectivity index (χ1v) is 13.1. The quantitative estimate of drug-likeness (QED) is 0.166. The van der Waals surface area contributed by atoms with Gasteiger partial charge >= 0.3 is 5.97 Å². The summed E-state index contributed by atoms with van der Waals surface area (Å²) in [5.74, 6) is 0.770. The van der Waals surface area contributed by atoms with E-state index in [9.17, 15) is 14.4 Å². The molecule has 0 aliphatic carbocycles. The first-order valence-electron chi connectivity index (χ1n) is 11.5. The van der Waals surface area contributed by atoms with Gasteiger partial charge in [-0.25, -0.2) is 4.79 Å². The van der Waals surface area contributed by atoms with Crippen LogP contribution in [0.1, 0.15) is 21.5 Å². The van der Waals surface area contributed by atoms with E-state index in [4.69, 9.17) is 18.9 Å². The van der Waals surface area contributed by atoms with Crippen LogP contribution >= 0.6 is 27.7 Å². The van der Waals surface area contributed by atoms with E-state index in [1.807, 2.05) is 31.2 Å². The topological polar surface area (TPSA) is 91.4 Å². The molecule has 1 aliphatic rings. The fourth-order valence-electron chi connectivity index (χ4n) is 3.53. The molecular formula is C28H24BrNO7S. The molecule has 2 amide bonds. The Morgan fingerprint density at radius 1 is 0.974 bits per heavy atom. The van der Waals surface area contributed by atoms with Crippen LogP contribution in [0.15, 0.2) is 70.0 Å². The van der Waals surface area contributed by atoms with E-state index in [1.165, 1.54) is 7.11 Å². The first kappa shape index (κ1) is 27.3. The van der Waals surface area contributed by atoms with Crippen LogP contribution in [-0.2, 0) is 4.79 Å². The average Bonchev–Trinajstić information content (AvgIpc) is 3.18. The van der Waals surface area contributed by atoms with Crippen molar-refractivity contribution in [1.82, 2.24) is 4.90 Å². The summed E-state index contributed by atoms with van der Waals surface area (Å²) >= 11 is 4.27. The second-order valence-corrected chi connectivity index (χ2v) is 9.99. The Kier molecular flexibility index (Phi) is 8.75. The summed E-state index contributed by atoms with van der Waals surface area (Å²) in [6.07, 6.45) is 1.59. The Labute approximate surface area is 232 Å². The van der Waals surface area contributed by atoms with E-state index >= 15 is 0 Å². The molecule has 1 fully saturated rings. The third-order valence-corrected chi connectivity index (χ3v) is 7.04. The van der Waals surface area contributed by atoms with Crippen LogP contribution in [0.5, 0.6) is 23.0 Å². The van der Waals surface area contributed by atoms with Gasteiger partial charge in [0.25, 0.3) is 11.1 Å². The molecular weight excluding hydrogens is 574 g/mol. The predicted octanol–water partition coefficient (Wildman–Crippen LogP) is 6.11. The zero-order valence-corrected chi connectivity index (χ0v) is 23.3. The Balaban J connectivity index is 1.45. The molecule has 1 heterocycles. The molecule has 8 nitrogen and oxygen atoms in total. The number of amides is 2. The van der Waals surface area contributed by atoms with Gasteiger partial charge in [-0.1, -0.05) is 17.7 Å². The number of hydrogen-bond donors (Lipinski definition) is 0. The maximum Gasteiger partial charge on any atom is 0.343 e. The summed E-state index contributed by atoms with van der Waals surface area (Å²) in [5, 5.41) is -0.371. The largest absolute Gasteiger partial charge is 0.497 e. The number of aryl methyl sites for hydroxylation is 1. The lowest BCUT2D eigenvalue weighted by molar-refractivity contribution is -0.123. The lowest BCUT2D eigenvalue weighted by Gasteiger charge is -2.13. The molecule has 0 unspecified atom stereocenters. The van der Waals surface area contributed by atoms with Crippen molar-refractivity contribution < 1.29 is 33.3 Å². The molecule has 10 heteroatoms. The molecule has 0 saturated carbocycles. The van der Waals surface area contributed by atoms with Crippen molar-refractivity contribution >= 4 is 50.9 Å². The number of methoxy groups -OCH3 is 2. The lowest BCUT2D eigenvalue weighted by atomic mass is 10.1. The van der Waals surface area contributed by atoms with E-state index in [2.05, 4.69) is 15.9 Å². The number of carbonyl (C=O) groups is 3. The SMILES string of the molecule is COc1ccc(C(=O)Oc2c(Br)cc(/C=C3\SC(=O)N(CCOc4ccc(C)cc4)C3=O)cc2OC)cc1. The zero-order valence-electron chi connectivity index (χ0n) is 20.9. The number of benzene rings is 3. The smallest absolute Gasteiger partial charge is 0.343 e. The number of esters is 1. The van der Waals surface area contributed by atoms with E-state index in [0.29, 0.717) is 27.1 Å². The fraction of sp³-hybridized carbons (Fsp3) is 0.179. The molecule has 1 saturated heterocycles. The minimum atomic E-state index is -0.576. The lowest BCUT2D eigenvalue weighted by Crippen LogP contribution is -2.32. The summed E-state index contributed by atoms with van der Waals surface area (Å²) in [4.78, 5) is 39.5. The van der Waals surface area contributed by atoms with E-state index in [1.54, 1.807) is 49.6 Å². The molecule has 0 bridgehead atoms. The van der Waals surface area contributed by atoms with Gasteiger partial charge in [-0.2, -0.15) is 0 Å². The summed E-state index contributed by atoms with van der Waals surface area (Å²) < 4.78 is 22.2. The van der Waals surface area contributed by atoms with Gasteiger partial charge in [-0.05, 0) is 94.8 Å². The normalized spacial score (nSPS) is 14.1. The van der Waals surface area contributed by atoms with Crippen molar-refractivity contribution in [2.75, 3.05) is 27.4 Å². The Morgan fingerprint density at radius 2 is 1.66 bits per heavy atom. The third kappa shape index (κ3) is 6.38. The molecule has 0 spiro atoms. The maximum atomic E-state index is 12.9. The maximum absolute atomic E-state index is 12.9. The fourth-order valence-corrected chi connectivity index (χ4v) is 4.94. The first-order chi connectivity index (χ1) is 18.3. The van der Waals surface area contributed by atoms with Gasteiger partial charge in [0.2, 0.25) is 0 Å². The monoisotopic (exact) mass is 597 g/mol. The molecule has 3 aromatic rings. The van der Waals surface area contributed by atoms with Crippen LogP contribution in [0, 0.1) is 6.92 Å². The molecule has 0 N–H and O–H groups in total. The molecule has 196 valence electrons. The van der Waals surface area contributed by atoms with E-state index in [-0.39, 0.29) is 34.8 Å². The highest BCUT2D eigenvalue weighted by molar-refractivity contribution is 9.10. The highest BCUT2D eigenvalue weighted by atomic mass is 79.9. The second kappa shape index (κ2) is 12.2. The highest BCUT2D eigenvalue weighted by Crippen LogP contribution is 2.39. The number of rotatable bonds is 9. The molecule has 3 aromatic carbocycles. The van der Waals surface area contributed by atoms with Crippen LogP contribution in [0.4, 0.5) is 4.79 Å². The Hall–Kier alpha value is -3.76. The number of carbonyl (C=O) groups excluding carboxylic acids is 3. The molecule has 4 rings (SSSR count). The Bertz CT molecular complexity index is 1390. The number of halogens is 1. The molecule has 0 atom stereocenters. The predicted molar refractivity (Wildman–Crippen MR) is 148 cm³/mol. The Morgan fingerprint density at radius 3 is 2.32 bits per heavy atom. The van der Waals surface area contributed by atoms with Gasteiger partial charge in [0.1, 0.15) is 18.1 Å². The van der Waals surface area contributed by atoms with Gasteiger partial charge in [0, 0.05) is 0 Å². The van der Waals surface area contributed by atoms with E-state index in [0.717, 1.165) is 22.2 Å². The van der Waals surface area contributed by atoms with Crippen molar-refractivity contribution in [3.8, 4) is 23.0 Å². The van der Waals surface area contributed by atoms with Gasteiger partial charge in [-0.15, -0.1) is 0 Å². The van der Waals surface area contributed by atoms with Crippen molar-refractivity contribution in [3.05, 3.63) is 86.7 Å². The van der Waals surface area contributed by atoms with Crippen molar-refractivity contribution in [2.24, 2.45) is 0 Å². The number of thioether (sulfide) groups is 1. The second-order valence-electron chi connectivity index (χ2n) is 8.15. The van der Waals surface area contributed by atoms with Gasteiger partial charge in [0.05, 0.1) is 35.7 Å². The van der Waals surface area contributed by atoms with Crippen LogP contribution in [0.2, 0.25) is 0 Å². The standard InChI is InChI=1S/C28H24BrNO7S/c1-17-4-8-21(9-5-17)36-13-12-30-26(31)24(38-28(30)33)16-18-14-22(29)25(23(15-18)35-3)37-27(32)19-6-10-20(34-2)11-7-19/h4-11,14-16H,12-13H2,1-3H3/b24-16-. The summed E-state index contributed by atoms with van der Waals surface area (Å²) in [6, 6.07) is 17.3. The molecule has 1 aliphatic heterocycles. The molecule has 38 heavy (non-hydrogen) atoms. The zero-order chi connectivity index (χ0) is 27.2. The van der Waals surface area contributed by atoms with Gasteiger partial charge in [0.15, 0.2) is 11.5 Å². The van der Waals surface area contributed by atoms with Gasteiger partial charge < -0.3 is 18.9 Å². The molecule has 0 radical (unpaired) electrons. The van der Waals surface area contributed by atoms with Crippen LogP contribution in [-0.4, -0.2) is 49.4 Å². The number of ether oxygens (including phenoxy) is 4. The summed E-state index contributed by atoms with van der Waals surface area (Å²) in [6.45, 7) is 2.29. The highest BCUT2D eigenvalue weighted by Gasteiger charge is 2.35. The third-order valence-electron chi connectivity index (χ3n) is 5.55. The van der Waals surface area contributed by atoms with Crippen LogP contribution in [0.3, 0.4) is 0 Å². The summed E-state index contributed by atoms with van der Waals surface area (Å²) in [7, 11) is 2.98. The van der Waals surface area contributed by atoms with Crippen LogP contribution in [0.25, 0.3) is 6.08 Å². The average molecular weight is 598 g/mol. The van der Waals surface area contributed by atoms with E-state index < -0.39 is 11.9 Å². The van der Waals surface area contributed by atoms with Crippen molar-refractivity contribution in [1.29, 1.82) is 0 Å². The molecule has 0 aromatic heterocycles. The summed E-state index contributed by atoms with van der Waals surface area (Å²) in [5.41, 5.74) is 2.03. The van der Waals surface area contributed by atoms with Crippen molar-refractivity contribution in [3.63, 3.8) is 0 Å². The number of imide groups is 1. The minimum absolute atomic E-state index is 0.128. The van der Waals surface area contributed by atoms with Gasteiger partial charge in [-0.3, -0.25) is 14.5 Å². The number of nitrogens with zero attached hydrogens (tertiary/aromatic N) is 1. The number of hydrogen-bond acceptors (Lipinski definition) is 8. The minimum Gasteiger partial charge on any atom is -0.497 e. The van der Waals surface area contributed by atoms with Crippen LogP contribution < -0.4 is 18.9 Å².